The molecule has 0 aliphatic carbocycles. The van der Waals surface area contributed by atoms with E-state index in [9.17, 15) is 4.79 Å². The van der Waals surface area contributed by atoms with Gasteiger partial charge < -0.3 is 19.4 Å². The van der Waals surface area contributed by atoms with Crippen LogP contribution in [0.25, 0.3) is 0 Å². The van der Waals surface area contributed by atoms with E-state index >= 15 is 0 Å². The summed E-state index contributed by atoms with van der Waals surface area (Å²) in [6.07, 6.45) is 3.16. The average Bonchev–Trinajstić information content (AvgIpc) is 3.22. The Hall–Kier alpha value is -2.15. The van der Waals surface area contributed by atoms with E-state index in [1.807, 2.05) is 12.1 Å². The Bertz CT molecular complexity index is 795. The molecule has 3 heterocycles. The third kappa shape index (κ3) is 5.07. The molecule has 29 heavy (non-hydrogen) atoms. The number of benzene rings is 1. The zero-order valence-corrected chi connectivity index (χ0v) is 17.4. The first kappa shape index (κ1) is 20.1. The van der Waals surface area contributed by atoms with Crippen molar-refractivity contribution in [2.75, 3.05) is 33.2 Å². The van der Waals surface area contributed by atoms with Crippen molar-refractivity contribution in [1.29, 1.82) is 0 Å². The molecular weight excluding hydrogens is 366 g/mol. The van der Waals surface area contributed by atoms with E-state index in [4.69, 9.17) is 9.15 Å². The van der Waals surface area contributed by atoms with Crippen molar-refractivity contribution in [1.82, 2.24) is 15.1 Å². The highest BCUT2D eigenvalue weighted by Gasteiger charge is 2.44. The second kappa shape index (κ2) is 8.69. The molecular formula is C23H31N3O3. The van der Waals surface area contributed by atoms with Gasteiger partial charge in [0.2, 0.25) is 0 Å². The number of rotatable bonds is 5. The molecule has 2 saturated heterocycles. The topological polar surface area (TPSA) is 58.0 Å². The van der Waals surface area contributed by atoms with Crippen LogP contribution in [0.3, 0.4) is 0 Å². The first-order valence-corrected chi connectivity index (χ1v) is 10.5. The van der Waals surface area contributed by atoms with Crippen LogP contribution in [-0.2, 0) is 22.6 Å². The largest absolute Gasteiger partial charge is 0.468 e. The van der Waals surface area contributed by atoms with Gasteiger partial charge in [0.25, 0.3) is 5.91 Å². The first-order valence-electron chi connectivity index (χ1n) is 10.5. The molecule has 1 spiro atoms. The standard InChI is InChI=1S/C23H31N3O3/c1-18-5-7-19(8-6-18)14-24-22(27)21-16-25(2)17-23(29-21)9-11-26(12-10-23)15-20-4-3-13-28-20/h3-8,13,21H,9-12,14-17H2,1-2H3,(H,24,27)/t21-/m1/s1. The Morgan fingerprint density at radius 2 is 1.97 bits per heavy atom. The molecule has 2 aliphatic heterocycles. The van der Waals surface area contributed by atoms with Gasteiger partial charge in [-0.15, -0.1) is 0 Å². The fraction of sp³-hybridized carbons (Fsp3) is 0.522. The Morgan fingerprint density at radius 3 is 2.66 bits per heavy atom. The van der Waals surface area contributed by atoms with E-state index in [2.05, 4.69) is 53.4 Å². The predicted octanol–water partition coefficient (Wildman–Crippen LogP) is 2.57. The molecule has 1 aromatic heterocycles. The fourth-order valence-corrected chi connectivity index (χ4v) is 4.38. The van der Waals surface area contributed by atoms with Crippen LogP contribution in [0.5, 0.6) is 0 Å². The smallest absolute Gasteiger partial charge is 0.250 e. The number of hydrogen-bond acceptors (Lipinski definition) is 5. The lowest BCUT2D eigenvalue weighted by Crippen LogP contribution is -2.61. The number of carbonyl (C=O) groups excluding carboxylic acids is 1. The molecule has 2 aromatic rings. The van der Waals surface area contributed by atoms with Crippen LogP contribution in [0.4, 0.5) is 0 Å². The van der Waals surface area contributed by atoms with Gasteiger partial charge in [-0.05, 0) is 44.5 Å². The summed E-state index contributed by atoms with van der Waals surface area (Å²) >= 11 is 0. The number of piperidine rings is 1. The summed E-state index contributed by atoms with van der Waals surface area (Å²) in [4.78, 5) is 17.4. The molecule has 6 heteroatoms. The van der Waals surface area contributed by atoms with Gasteiger partial charge in [0, 0.05) is 32.7 Å². The van der Waals surface area contributed by atoms with Gasteiger partial charge in [0.1, 0.15) is 11.9 Å². The summed E-state index contributed by atoms with van der Waals surface area (Å²) in [7, 11) is 2.08. The summed E-state index contributed by atoms with van der Waals surface area (Å²) in [6.45, 7) is 6.85. The third-order valence-electron chi connectivity index (χ3n) is 6.03. The minimum atomic E-state index is -0.421. The summed E-state index contributed by atoms with van der Waals surface area (Å²) < 4.78 is 11.9. The molecule has 1 amide bonds. The van der Waals surface area contributed by atoms with Crippen molar-refractivity contribution in [2.24, 2.45) is 0 Å². The molecule has 0 saturated carbocycles. The number of amides is 1. The highest BCUT2D eigenvalue weighted by atomic mass is 16.5. The molecule has 0 bridgehead atoms. The maximum Gasteiger partial charge on any atom is 0.250 e. The normalized spacial score (nSPS) is 22.6. The molecule has 1 atom stereocenters. The van der Waals surface area contributed by atoms with E-state index in [0.29, 0.717) is 13.1 Å². The van der Waals surface area contributed by atoms with E-state index in [1.165, 1.54) is 5.56 Å². The fourth-order valence-electron chi connectivity index (χ4n) is 4.38. The molecule has 156 valence electrons. The van der Waals surface area contributed by atoms with Crippen molar-refractivity contribution in [3.63, 3.8) is 0 Å². The minimum absolute atomic E-state index is 0.0190. The van der Waals surface area contributed by atoms with Crippen LogP contribution in [0.1, 0.15) is 29.7 Å². The number of furan rings is 1. The highest BCUT2D eigenvalue weighted by Crippen LogP contribution is 2.32. The van der Waals surface area contributed by atoms with Crippen molar-refractivity contribution in [2.45, 2.75) is 44.6 Å². The summed E-state index contributed by atoms with van der Waals surface area (Å²) in [5.41, 5.74) is 2.09. The second-order valence-electron chi connectivity index (χ2n) is 8.55. The van der Waals surface area contributed by atoms with Gasteiger partial charge in [-0.2, -0.15) is 0 Å². The Balaban J connectivity index is 1.31. The predicted molar refractivity (Wildman–Crippen MR) is 111 cm³/mol. The maximum atomic E-state index is 12.8. The Morgan fingerprint density at radius 1 is 1.21 bits per heavy atom. The molecule has 4 rings (SSSR count). The highest BCUT2D eigenvalue weighted by molar-refractivity contribution is 5.81. The number of likely N-dealkylation sites (N-methyl/N-ethyl adjacent to an activating group) is 1. The lowest BCUT2D eigenvalue weighted by Gasteiger charge is -2.48. The molecule has 6 nitrogen and oxygen atoms in total. The number of ether oxygens (including phenoxy) is 1. The van der Waals surface area contributed by atoms with Gasteiger partial charge in [-0.3, -0.25) is 9.69 Å². The van der Waals surface area contributed by atoms with Crippen LogP contribution >= 0.6 is 0 Å². The number of likely N-dealkylation sites (tertiary alicyclic amines) is 1. The van der Waals surface area contributed by atoms with Crippen molar-refractivity contribution >= 4 is 5.91 Å². The Kier molecular flexibility index (Phi) is 6.04. The van der Waals surface area contributed by atoms with E-state index < -0.39 is 6.10 Å². The molecule has 0 unspecified atom stereocenters. The van der Waals surface area contributed by atoms with Gasteiger partial charge in [-0.25, -0.2) is 0 Å². The minimum Gasteiger partial charge on any atom is -0.468 e. The zero-order valence-electron chi connectivity index (χ0n) is 17.4. The van der Waals surface area contributed by atoms with Crippen LogP contribution in [0.2, 0.25) is 0 Å². The summed E-state index contributed by atoms with van der Waals surface area (Å²) in [6, 6.07) is 12.2. The van der Waals surface area contributed by atoms with E-state index in [-0.39, 0.29) is 11.5 Å². The van der Waals surface area contributed by atoms with Crippen LogP contribution < -0.4 is 5.32 Å². The van der Waals surface area contributed by atoms with Gasteiger partial charge in [-0.1, -0.05) is 29.8 Å². The van der Waals surface area contributed by atoms with Crippen LogP contribution in [0.15, 0.2) is 47.1 Å². The van der Waals surface area contributed by atoms with Crippen LogP contribution in [-0.4, -0.2) is 60.6 Å². The third-order valence-corrected chi connectivity index (χ3v) is 6.03. The van der Waals surface area contributed by atoms with Gasteiger partial charge in [0.15, 0.2) is 0 Å². The first-order chi connectivity index (χ1) is 14.0. The molecule has 2 aliphatic rings. The van der Waals surface area contributed by atoms with Gasteiger partial charge >= 0.3 is 0 Å². The molecule has 1 aromatic carbocycles. The number of morpholine rings is 1. The second-order valence-corrected chi connectivity index (χ2v) is 8.55. The van der Waals surface area contributed by atoms with E-state index in [0.717, 1.165) is 50.3 Å². The maximum absolute atomic E-state index is 12.8. The number of carbonyl (C=O) groups is 1. The van der Waals surface area contributed by atoms with Crippen molar-refractivity contribution in [3.8, 4) is 0 Å². The summed E-state index contributed by atoms with van der Waals surface area (Å²) in [5, 5.41) is 3.06. The monoisotopic (exact) mass is 397 g/mol. The van der Waals surface area contributed by atoms with Crippen molar-refractivity contribution in [3.05, 3.63) is 59.5 Å². The number of aryl methyl sites for hydroxylation is 1. The Labute approximate surface area is 172 Å². The van der Waals surface area contributed by atoms with Crippen molar-refractivity contribution < 1.29 is 13.9 Å². The lowest BCUT2D eigenvalue weighted by atomic mass is 9.88. The van der Waals surface area contributed by atoms with Crippen LogP contribution in [0, 0.1) is 6.92 Å². The molecule has 1 N–H and O–H groups in total. The number of nitrogens with zero attached hydrogens (tertiary/aromatic N) is 2. The quantitative estimate of drug-likeness (QED) is 0.840. The summed E-state index contributed by atoms with van der Waals surface area (Å²) in [5.74, 6) is 0.977. The molecule has 2 fully saturated rings. The van der Waals surface area contributed by atoms with E-state index in [1.54, 1.807) is 6.26 Å². The average molecular weight is 398 g/mol. The van der Waals surface area contributed by atoms with Gasteiger partial charge in [0.05, 0.1) is 18.4 Å². The molecule has 0 radical (unpaired) electrons. The SMILES string of the molecule is Cc1ccc(CNC(=O)[C@H]2CN(C)CC3(CCN(Cc4ccco4)CC3)O2)cc1. The lowest BCUT2D eigenvalue weighted by molar-refractivity contribution is -0.182. The number of hydrogen-bond donors (Lipinski definition) is 1. The zero-order chi connectivity index (χ0) is 20.3. The number of nitrogens with one attached hydrogen (secondary N) is 1.